The van der Waals surface area contributed by atoms with Crippen molar-refractivity contribution in [1.29, 1.82) is 0 Å². The van der Waals surface area contributed by atoms with Gasteiger partial charge in [-0.15, -0.1) is 5.10 Å². The summed E-state index contributed by atoms with van der Waals surface area (Å²) in [5.74, 6) is -4.22. The van der Waals surface area contributed by atoms with Crippen molar-refractivity contribution < 1.29 is 47.3 Å². The molecule has 2 fully saturated rings. The van der Waals surface area contributed by atoms with Crippen molar-refractivity contribution in [3.63, 3.8) is 0 Å². The number of carbonyl (C=O) groups is 1. The van der Waals surface area contributed by atoms with Gasteiger partial charge in [0, 0.05) is 36.6 Å². The van der Waals surface area contributed by atoms with E-state index in [0.29, 0.717) is 24.4 Å². The summed E-state index contributed by atoms with van der Waals surface area (Å²) >= 11 is 0. The van der Waals surface area contributed by atoms with Gasteiger partial charge in [-0.05, 0) is 18.6 Å². The average molecular weight is 610 g/mol. The Hall–Kier alpha value is -3.37. The van der Waals surface area contributed by atoms with E-state index in [0.717, 1.165) is 12.1 Å². The van der Waals surface area contributed by atoms with Gasteiger partial charge in [0.2, 0.25) is 5.91 Å². The van der Waals surface area contributed by atoms with Gasteiger partial charge in [0.15, 0.2) is 17.5 Å². The Bertz CT molecular complexity index is 1420. The minimum atomic E-state index is -1.63. The maximum Gasteiger partial charge on any atom is 0.248 e. The van der Waals surface area contributed by atoms with Gasteiger partial charge in [-0.3, -0.25) is 4.79 Å². The van der Waals surface area contributed by atoms with E-state index in [1.807, 2.05) is 20.8 Å². The van der Waals surface area contributed by atoms with E-state index in [4.69, 9.17) is 14.0 Å². The van der Waals surface area contributed by atoms with Crippen molar-refractivity contribution in [3.05, 3.63) is 53.3 Å². The molecule has 1 aromatic carbocycles. The zero-order valence-corrected chi connectivity index (χ0v) is 23.9. The van der Waals surface area contributed by atoms with E-state index in [1.165, 1.54) is 15.8 Å². The Morgan fingerprint density at radius 1 is 1.14 bits per heavy atom. The molecule has 6 atom stereocenters. The number of halogens is 3. The molecule has 2 aliphatic heterocycles. The Balaban J connectivity index is 1.47. The van der Waals surface area contributed by atoms with Crippen LogP contribution in [0.3, 0.4) is 0 Å². The highest BCUT2D eigenvalue weighted by atomic mass is 19.2. The molecule has 234 valence electrons. The molecule has 0 radical (unpaired) electrons. The van der Waals surface area contributed by atoms with Crippen LogP contribution in [0.1, 0.15) is 44.7 Å². The highest BCUT2D eigenvalue weighted by Gasteiger charge is 2.48. The largest absolute Gasteiger partial charge is 0.394 e. The number of nitrogens with zero attached hydrogens (tertiary/aromatic N) is 5. The number of aromatic nitrogens is 4. The molecule has 0 unspecified atom stereocenters. The molecule has 43 heavy (non-hydrogen) atoms. The summed E-state index contributed by atoms with van der Waals surface area (Å²) in [5, 5.41) is 43.3. The summed E-state index contributed by atoms with van der Waals surface area (Å²) in [7, 11) is 0. The van der Waals surface area contributed by atoms with E-state index in [1.54, 1.807) is 6.07 Å². The zero-order valence-electron chi connectivity index (χ0n) is 23.9. The Morgan fingerprint density at radius 3 is 2.47 bits per heavy atom. The molecule has 2 aromatic heterocycles. The average Bonchev–Trinajstić information content (AvgIpc) is 3.72. The van der Waals surface area contributed by atoms with E-state index in [-0.39, 0.29) is 35.5 Å². The third kappa shape index (κ3) is 6.60. The lowest BCUT2D eigenvalue weighted by molar-refractivity contribution is -0.219. The second kappa shape index (κ2) is 12.3. The molecule has 3 aromatic rings. The molecule has 15 heteroatoms. The van der Waals surface area contributed by atoms with Gasteiger partial charge in [0.25, 0.3) is 0 Å². The maximum absolute atomic E-state index is 13.9. The van der Waals surface area contributed by atoms with Gasteiger partial charge >= 0.3 is 0 Å². The van der Waals surface area contributed by atoms with Gasteiger partial charge in [0.1, 0.15) is 42.4 Å². The lowest BCUT2D eigenvalue weighted by Crippen LogP contribution is -2.58. The number of carbonyl (C=O) groups excluding carboxylic acids is 1. The quantitative estimate of drug-likeness (QED) is 0.320. The minimum absolute atomic E-state index is 0.0270. The van der Waals surface area contributed by atoms with Crippen molar-refractivity contribution in [3.8, 4) is 11.3 Å². The van der Waals surface area contributed by atoms with Crippen LogP contribution in [0.4, 0.5) is 13.2 Å². The standard InChI is InChI=1S/C28H34F3N5O7/c1-28(2,3)22-9-15(33-43-22)8-20-27(41-13-23(39)35-5-4-16(38)10-35)25(26(40)21(12-37)42-20)36-11-19(32-34-36)14-6-17(29)24(31)18(30)7-14/h6-7,9,11,16,20-21,25-27,37-38,40H,4-5,8,10,12-13H2,1-3H3/t16-,20-,21-,25+,26+,27+/m1/s1. The number of hydrogen-bond acceptors (Lipinski definition) is 10. The normalized spacial score (nSPS) is 26.3. The molecule has 0 bridgehead atoms. The fourth-order valence-corrected chi connectivity index (χ4v) is 5.30. The molecule has 2 saturated heterocycles. The zero-order chi connectivity index (χ0) is 31.1. The number of β-amino-alcohol motifs (C(OH)–C–C–N with tert-alkyl or cyclic N) is 1. The van der Waals surface area contributed by atoms with Crippen LogP contribution < -0.4 is 0 Å². The Kier molecular flexibility index (Phi) is 8.90. The van der Waals surface area contributed by atoms with Gasteiger partial charge in [-0.25, -0.2) is 17.9 Å². The highest BCUT2D eigenvalue weighted by Crippen LogP contribution is 2.35. The third-order valence-corrected chi connectivity index (χ3v) is 7.68. The monoisotopic (exact) mass is 609 g/mol. The Labute approximate surface area is 245 Å². The predicted molar refractivity (Wildman–Crippen MR) is 142 cm³/mol. The number of likely N-dealkylation sites (tertiary alicyclic amines) is 1. The number of ether oxygens (including phenoxy) is 2. The van der Waals surface area contributed by atoms with Crippen LogP contribution in [-0.4, -0.2) is 103 Å². The van der Waals surface area contributed by atoms with Crippen molar-refractivity contribution >= 4 is 5.91 Å². The molecular weight excluding hydrogens is 575 g/mol. The van der Waals surface area contributed by atoms with Crippen LogP contribution in [0.5, 0.6) is 0 Å². The molecule has 1 amide bonds. The predicted octanol–water partition coefficient (Wildman–Crippen LogP) is 1.53. The molecule has 12 nitrogen and oxygen atoms in total. The molecule has 4 heterocycles. The fourth-order valence-electron chi connectivity index (χ4n) is 5.30. The van der Waals surface area contributed by atoms with Crippen molar-refractivity contribution in [1.82, 2.24) is 25.1 Å². The van der Waals surface area contributed by atoms with Gasteiger partial charge in [0.05, 0.1) is 30.7 Å². The lowest BCUT2D eigenvalue weighted by Gasteiger charge is -2.44. The summed E-state index contributed by atoms with van der Waals surface area (Å²) in [6.07, 6.45) is -3.27. The maximum atomic E-state index is 13.9. The first-order valence-electron chi connectivity index (χ1n) is 13.9. The van der Waals surface area contributed by atoms with Gasteiger partial charge in [-0.2, -0.15) is 0 Å². The second-order valence-corrected chi connectivity index (χ2v) is 11.9. The molecule has 0 aliphatic carbocycles. The first-order chi connectivity index (χ1) is 20.3. The van der Waals surface area contributed by atoms with Crippen molar-refractivity contribution in [2.24, 2.45) is 0 Å². The third-order valence-electron chi connectivity index (χ3n) is 7.68. The number of hydrogen-bond donors (Lipinski definition) is 3. The van der Waals surface area contributed by atoms with Crippen LogP contribution in [-0.2, 0) is 26.1 Å². The lowest BCUT2D eigenvalue weighted by atomic mass is 9.89. The molecule has 2 aliphatic rings. The fraction of sp³-hybridized carbons (Fsp3) is 0.571. The smallest absolute Gasteiger partial charge is 0.248 e. The van der Waals surface area contributed by atoms with E-state index < -0.39 is 67.2 Å². The molecule has 0 saturated carbocycles. The first kappa shape index (κ1) is 31.1. The molecular formula is C28H34F3N5O7. The molecule has 5 rings (SSSR count). The summed E-state index contributed by atoms with van der Waals surface area (Å²) in [6, 6.07) is 2.19. The molecule has 3 N–H and O–H groups in total. The van der Waals surface area contributed by atoms with E-state index in [9.17, 15) is 33.3 Å². The summed E-state index contributed by atoms with van der Waals surface area (Å²) in [6.45, 7) is 5.39. The summed E-state index contributed by atoms with van der Waals surface area (Å²) < 4.78 is 60.3. The highest BCUT2D eigenvalue weighted by molar-refractivity contribution is 5.77. The summed E-state index contributed by atoms with van der Waals surface area (Å²) in [4.78, 5) is 14.4. The number of benzene rings is 1. The second-order valence-electron chi connectivity index (χ2n) is 11.9. The first-order valence-corrected chi connectivity index (χ1v) is 13.9. The van der Waals surface area contributed by atoms with Crippen LogP contribution in [0.2, 0.25) is 0 Å². The van der Waals surface area contributed by atoms with Crippen molar-refractivity contribution in [2.45, 2.75) is 75.6 Å². The van der Waals surface area contributed by atoms with Crippen LogP contribution >= 0.6 is 0 Å². The topological polar surface area (TPSA) is 156 Å². The van der Waals surface area contributed by atoms with Crippen molar-refractivity contribution in [2.75, 3.05) is 26.3 Å². The SMILES string of the molecule is CC(C)(C)c1cc(C[C@H]2O[C@H](CO)[C@H](O)[C@H](n3cc(-c4cc(F)c(F)c(F)c4)nn3)[C@H]2OCC(=O)N2CC[C@@H](O)C2)no1. The minimum Gasteiger partial charge on any atom is -0.394 e. The van der Waals surface area contributed by atoms with Crippen LogP contribution in [0.15, 0.2) is 28.9 Å². The number of rotatable bonds is 8. The van der Waals surface area contributed by atoms with E-state index >= 15 is 0 Å². The number of aliphatic hydroxyl groups is 3. The van der Waals surface area contributed by atoms with Gasteiger partial charge < -0.3 is 34.2 Å². The van der Waals surface area contributed by atoms with Gasteiger partial charge in [-0.1, -0.05) is 31.1 Å². The van der Waals surface area contributed by atoms with E-state index in [2.05, 4.69) is 15.5 Å². The van der Waals surface area contributed by atoms with Crippen LogP contribution in [0, 0.1) is 17.5 Å². The summed E-state index contributed by atoms with van der Waals surface area (Å²) in [5.41, 5.74) is 0.0445. The number of aliphatic hydroxyl groups excluding tert-OH is 3. The molecule has 0 spiro atoms. The Morgan fingerprint density at radius 2 is 1.86 bits per heavy atom. The van der Waals surface area contributed by atoms with Crippen LogP contribution in [0.25, 0.3) is 11.3 Å². The number of amides is 1.